The number of hydrogen-bond acceptors (Lipinski definition) is 5. The lowest BCUT2D eigenvalue weighted by atomic mass is 10.1. The van der Waals surface area contributed by atoms with Gasteiger partial charge in [-0.05, 0) is 44.0 Å². The van der Waals surface area contributed by atoms with Gasteiger partial charge in [0, 0.05) is 46.2 Å². The van der Waals surface area contributed by atoms with Crippen LogP contribution in [0.4, 0.5) is 10.5 Å². The molecule has 0 unspecified atom stereocenters. The van der Waals surface area contributed by atoms with Crippen LogP contribution in [0.2, 0.25) is 0 Å². The molecule has 0 bridgehead atoms. The first-order valence-electron chi connectivity index (χ1n) is 11.5. The minimum Gasteiger partial charge on any atom is -0.358 e. The van der Waals surface area contributed by atoms with E-state index in [-0.39, 0.29) is 12.0 Å². The third-order valence-electron chi connectivity index (χ3n) is 5.62. The number of aryl methyl sites for hydroxylation is 1. The van der Waals surface area contributed by atoms with Crippen molar-refractivity contribution < 1.29 is 14.4 Å². The van der Waals surface area contributed by atoms with E-state index in [0.717, 1.165) is 40.5 Å². The standard InChI is InChI=1S/C26H29N5O3/c1-4-7-12-24(32)29-26(34)30-25(33)20(16-27)21(5-2)28-17-13-14-23-19(15-17)18-10-8-9-11-22(18)31(23)6-3/h8-11,13-15,28H,4-7,12H2,1-3H3,(H2,29,30,32,33,34)/b21-20-. The van der Waals surface area contributed by atoms with Crippen molar-refractivity contribution in [1.82, 2.24) is 15.2 Å². The van der Waals surface area contributed by atoms with E-state index in [2.05, 4.69) is 39.6 Å². The maximum absolute atomic E-state index is 12.6. The van der Waals surface area contributed by atoms with Gasteiger partial charge < -0.3 is 9.88 Å². The number of allylic oxidation sites excluding steroid dienone is 1. The lowest BCUT2D eigenvalue weighted by Crippen LogP contribution is -2.43. The fourth-order valence-corrected chi connectivity index (χ4v) is 3.95. The van der Waals surface area contributed by atoms with E-state index in [1.807, 2.05) is 50.2 Å². The summed E-state index contributed by atoms with van der Waals surface area (Å²) in [6.07, 6.45) is 2.01. The molecule has 34 heavy (non-hydrogen) atoms. The molecule has 8 nitrogen and oxygen atoms in total. The van der Waals surface area contributed by atoms with Crippen LogP contribution in [0.15, 0.2) is 53.7 Å². The van der Waals surface area contributed by atoms with Gasteiger partial charge in [-0.2, -0.15) is 5.26 Å². The second-order valence-corrected chi connectivity index (χ2v) is 7.87. The first-order valence-corrected chi connectivity index (χ1v) is 11.5. The Morgan fingerprint density at radius 1 is 0.971 bits per heavy atom. The smallest absolute Gasteiger partial charge is 0.328 e. The summed E-state index contributed by atoms with van der Waals surface area (Å²) >= 11 is 0. The van der Waals surface area contributed by atoms with Gasteiger partial charge in [0.2, 0.25) is 5.91 Å². The molecule has 8 heteroatoms. The minimum atomic E-state index is -0.942. The van der Waals surface area contributed by atoms with Crippen molar-refractivity contribution in [3.8, 4) is 6.07 Å². The number of nitrogens with zero attached hydrogens (tertiary/aromatic N) is 2. The first-order chi connectivity index (χ1) is 16.4. The first kappa shape index (κ1) is 24.5. The molecule has 176 valence electrons. The molecule has 0 aliphatic carbocycles. The molecule has 3 aromatic rings. The number of aromatic nitrogens is 1. The Morgan fingerprint density at radius 3 is 2.38 bits per heavy atom. The highest BCUT2D eigenvalue weighted by Crippen LogP contribution is 2.31. The maximum Gasteiger partial charge on any atom is 0.328 e. The quantitative estimate of drug-likeness (QED) is 0.325. The summed E-state index contributed by atoms with van der Waals surface area (Å²) in [7, 11) is 0. The van der Waals surface area contributed by atoms with Gasteiger partial charge in [-0.15, -0.1) is 0 Å². The van der Waals surface area contributed by atoms with E-state index in [1.165, 1.54) is 0 Å². The number of benzene rings is 2. The number of amides is 4. The molecular weight excluding hydrogens is 430 g/mol. The van der Waals surface area contributed by atoms with Gasteiger partial charge in [-0.3, -0.25) is 20.2 Å². The van der Waals surface area contributed by atoms with Gasteiger partial charge in [-0.25, -0.2) is 4.79 Å². The molecule has 0 fully saturated rings. The summed E-state index contributed by atoms with van der Waals surface area (Å²) in [5, 5.41) is 19.2. The van der Waals surface area contributed by atoms with Crippen LogP contribution in [0.1, 0.15) is 46.5 Å². The lowest BCUT2D eigenvalue weighted by Gasteiger charge is -2.13. The number of fused-ring (bicyclic) bond motifs is 3. The third kappa shape index (κ3) is 5.26. The number of rotatable bonds is 8. The molecule has 0 spiro atoms. The second kappa shape index (κ2) is 11.1. The Morgan fingerprint density at radius 2 is 1.71 bits per heavy atom. The second-order valence-electron chi connectivity index (χ2n) is 7.87. The molecular formula is C26H29N5O3. The Labute approximate surface area is 198 Å². The van der Waals surface area contributed by atoms with Gasteiger partial charge >= 0.3 is 6.03 Å². The highest BCUT2D eigenvalue weighted by atomic mass is 16.2. The molecule has 2 aromatic carbocycles. The largest absolute Gasteiger partial charge is 0.358 e. The summed E-state index contributed by atoms with van der Waals surface area (Å²) in [6.45, 7) is 6.67. The normalized spacial score (nSPS) is 11.6. The maximum atomic E-state index is 12.6. The predicted octanol–water partition coefficient (Wildman–Crippen LogP) is 4.96. The summed E-state index contributed by atoms with van der Waals surface area (Å²) in [4.78, 5) is 36.3. The number of anilines is 1. The van der Waals surface area contributed by atoms with Crippen molar-refractivity contribution in [2.24, 2.45) is 0 Å². The molecule has 0 aliphatic heterocycles. The molecule has 0 radical (unpaired) electrons. The highest BCUT2D eigenvalue weighted by molar-refractivity contribution is 6.10. The number of nitrogens with one attached hydrogen (secondary N) is 3. The monoisotopic (exact) mass is 459 g/mol. The van der Waals surface area contributed by atoms with E-state index >= 15 is 0 Å². The number of carbonyl (C=O) groups excluding carboxylic acids is 3. The molecule has 0 saturated carbocycles. The van der Waals surface area contributed by atoms with Gasteiger partial charge in [0.25, 0.3) is 5.91 Å². The number of nitriles is 1. The summed E-state index contributed by atoms with van der Waals surface area (Å²) < 4.78 is 2.24. The van der Waals surface area contributed by atoms with Crippen molar-refractivity contribution in [1.29, 1.82) is 5.26 Å². The van der Waals surface area contributed by atoms with Crippen LogP contribution in [-0.4, -0.2) is 22.4 Å². The van der Waals surface area contributed by atoms with Crippen molar-refractivity contribution in [2.45, 2.75) is 53.0 Å². The van der Waals surface area contributed by atoms with Crippen LogP contribution in [0.5, 0.6) is 0 Å². The van der Waals surface area contributed by atoms with Gasteiger partial charge in [0.05, 0.1) is 0 Å². The van der Waals surface area contributed by atoms with E-state index < -0.39 is 17.8 Å². The number of urea groups is 1. The zero-order valence-electron chi connectivity index (χ0n) is 19.7. The summed E-state index contributed by atoms with van der Waals surface area (Å²) in [5.41, 5.74) is 3.13. The van der Waals surface area contributed by atoms with Crippen molar-refractivity contribution >= 4 is 45.3 Å². The van der Waals surface area contributed by atoms with E-state index in [1.54, 1.807) is 0 Å². The van der Waals surface area contributed by atoms with Crippen LogP contribution in [0, 0.1) is 11.3 Å². The van der Waals surface area contributed by atoms with E-state index in [4.69, 9.17) is 0 Å². The number of carbonyl (C=O) groups is 3. The Kier molecular flexibility index (Phi) is 8.04. The van der Waals surface area contributed by atoms with Crippen LogP contribution < -0.4 is 16.0 Å². The fraction of sp³-hybridized carbons (Fsp3) is 0.308. The zero-order chi connectivity index (χ0) is 24.7. The average molecular weight is 460 g/mol. The number of imide groups is 2. The molecule has 0 aliphatic rings. The topological polar surface area (TPSA) is 116 Å². The van der Waals surface area contributed by atoms with Gasteiger partial charge in [0.1, 0.15) is 11.6 Å². The average Bonchev–Trinajstić information content (AvgIpc) is 3.15. The Bertz CT molecular complexity index is 1310. The number of para-hydroxylation sites is 1. The van der Waals surface area contributed by atoms with Crippen LogP contribution in [-0.2, 0) is 16.1 Å². The Hall–Kier alpha value is -4.12. The SMILES string of the molecule is CCCCC(=O)NC(=O)NC(=O)/C(C#N)=C(/CC)Nc1ccc2c(c1)c1ccccc1n2CC. The zero-order valence-corrected chi connectivity index (χ0v) is 19.7. The molecule has 0 saturated heterocycles. The van der Waals surface area contributed by atoms with Crippen molar-refractivity contribution in [2.75, 3.05) is 5.32 Å². The van der Waals surface area contributed by atoms with Crippen LogP contribution >= 0.6 is 0 Å². The molecule has 1 aromatic heterocycles. The van der Waals surface area contributed by atoms with Gasteiger partial charge in [0.15, 0.2) is 0 Å². The summed E-state index contributed by atoms with van der Waals surface area (Å²) in [6, 6.07) is 15.0. The number of hydrogen-bond donors (Lipinski definition) is 3. The minimum absolute atomic E-state index is 0.192. The van der Waals surface area contributed by atoms with Crippen LogP contribution in [0.3, 0.4) is 0 Å². The summed E-state index contributed by atoms with van der Waals surface area (Å²) in [5.74, 6) is -1.33. The predicted molar refractivity (Wildman–Crippen MR) is 133 cm³/mol. The number of unbranched alkanes of at least 4 members (excludes halogenated alkanes) is 1. The molecule has 3 N–H and O–H groups in total. The van der Waals surface area contributed by atoms with Crippen LogP contribution in [0.25, 0.3) is 21.8 Å². The lowest BCUT2D eigenvalue weighted by molar-refractivity contribution is -0.120. The molecule has 4 amide bonds. The third-order valence-corrected chi connectivity index (χ3v) is 5.62. The van der Waals surface area contributed by atoms with Crippen molar-refractivity contribution in [3.05, 3.63) is 53.7 Å². The molecule has 3 rings (SSSR count). The van der Waals surface area contributed by atoms with E-state index in [9.17, 15) is 19.6 Å². The molecule has 1 heterocycles. The van der Waals surface area contributed by atoms with Gasteiger partial charge in [-0.1, -0.05) is 38.5 Å². The highest BCUT2D eigenvalue weighted by Gasteiger charge is 2.19. The van der Waals surface area contributed by atoms with Crippen molar-refractivity contribution in [3.63, 3.8) is 0 Å². The fourth-order valence-electron chi connectivity index (χ4n) is 3.95. The van der Waals surface area contributed by atoms with E-state index in [0.29, 0.717) is 18.5 Å². The Balaban J connectivity index is 1.85. The molecule has 0 atom stereocenters.